The first-order chi connectivity index (χ1) is 8.41. The van der Waals surface area contributed by atoms with E-state index in [0.717, 1.165) is 18.6 Å². The van der Waals surface area contributed by atoms with Gasteiger partial charge >= 0.3 is 5.97 Å². The Morgan fingerprint density at radius 1 is 1.61 bits per heavy atom. The van der Waals surface area contributed by atoms with E-state index in [2.05, 4.69) is 5.32 Å². The Hall–Kier alpha value is -1.82. The number of carboxylic acids is 1. The molecule has 1 saturated heterocycles. The Morgan fingerprint density at radius 2 is 2.33 bits per heavy atom. The fraction of sp³-hybridized carbons (Fsp3) is 0.417. The lowest BCUT2D eigenvalue weighted by molar-refractivity contribution is 0.0692. The number of rotatable bonds is 3. The van der Waals surface area contributed by atoms with Gasteiger partial charge in [0.05, 0.1) is 29.1 Å². The number of hydrogen-bond acceptors (Lipinski definition) is 4. The molecule has 1 aromatic carbocycles. The van der Waals surface area contributed by atoms with E-state index in [1.165, 1.54) is 0 Å². The molecule has 1 atom stereocenters. The second kappa shape index (κ2) is 4.45. The zero-order valence-corrected chi connectivity index (χ0v) is 10.00. The molecule has 1 aliphatic heterocycles. The summed E-state index contributed by atoms with van der Waals surface area (Å²) >= 11 is 0. The van der Waals surface area contributed by atoms with Gasteiger partial charge in [-0.3, -0.25) is 0 Å². The zero-order valence-electron chi connectivity index (χ0n) is 10.00. The van der Waals surface area contributed by atoms with Crippen LogP contribution >= 0.6 is 0 Å². The fourth-order valence-electron chi connectivity index (χ4n) is 1.95. The molecule has 5 nitrogen and oxygen atoms in total. The highest BCUT2D eigenvalue weighted by Gasteiger charge is 2.30. The van der Waals surface area contributed by atoms with Crippen molar-refractivity contribution in [3.63, 3.8) is 0 Å². The minimum absolute atomic E-state index is 0.210. The number of nitrogens with one attached hydrogen (secondary N) is 1. The molecule has 0 bridgehead atoms. The third-order valence-corrected chi connectivity index (χ3v) is 3.02. The van der Waals surface area contributed by atoms with Crippen LogP contribution in [-0.2, 0) is 4.74 Å². The highest BCUT2D eigenvalue weighted by Crippen LogP contribution is 2.29. The molecule has 2 rings (SSSR count). The SMILES string of the molecule is CC1(Nc2cc(F)c(C(=O)O)cc2N)CCOC1. The summed E-state index contributed by atoms with van der Waals surface area (Å²) in [6, 6.07) is 2.24. The molecule has 0 aliphatic carbocycles. The third kappa shape index (κ3) is 2.38. The van der Waals surface area contributed by atoms with Crippen LogP contribution in [0.15, 0.2) is 12.1 Å². The van der Waals surface area contributed by atoms with E-state index in [0.29, 0.717) is 18.9 Å². The standard InChI is InChI=1S/C12H15FN2O3/c1-12(2-3-18-6-12)15-10-5-8(13)7(11(16)17)4-9(10)14/h4-5,15H,2-3,6,14H2,1H3,(H,16,17). The maximum Gasteiger partial charge on any atom is 0.338 e. The van der Waals surface area contributed by atoms with E-state index in [1.807, 2.05) is 6.92 Å². The molecular weight excluding hydrogens is 239 g/mol. The smallest absolute Gasteiger partial charge is 0.338 e. The molecule has 1 aliphatic rings. The van der Waals surface area contributed by atoms with Gasteiger partial charge in [0.25, 0.3) is 0 Å². The van der Waals surface area contributed by atoms with Crippen LogP contribution in [0.3, 0.4) is 0 Å². The molecule has 4 N–H and O–H groups in total. The van der Waals surface area contributed by atoms with E-state index in [4.69, 9.17) is 15.6 Å². The van der Waals surface area contributed by atoms with Gasteiger partial charge in [-0.15, -0.1) is 0 Å². The number of ether oxygens (including phenoxy) is 1. The minimum Gasteiger partial charge on any atom is -0.478 e. The summed E-state index contributed by atoms with van der Waals surface area (Å²) in [5.41, 5.74) is 5.61. The number of carbonyl (C=O) groups is 1. The molecule has 18 heavy (non-hydrogen) atoms. The second-order valence-corrected chi connectivity index (χ2v) is 4.71. The van der Waals surface area contributed by atoms with Gasteiger partial charge in [0.2, 0.25) is 0 Å². The van der Waals surface area contributed by atoms with E-state index in [-0.39, 0.29) is 11.2 Å². The number of aromatic carboxylic acids is 1. The molecule has 0 spiro atoms. The van der Waals surface area contributed by atoms with Crippen LogP contribution in [-0.4, -0.2) is 29.8 Å². The molecule has 98 valence electrons. The van der Waals surface area contributed by atoms with Crippen molar-refractivity contribution < 1.29 is 19.0 Å². The van der Waals surface area contributed by atoms with Crippen molar-refractivity contribution in [2.24, 2.45) is 0 Å². The number of halogens is 1. The Kier molecular flexibility index (Phi) is 3.13. The zero-order chi connectivity index (χ0) is 13.3. The van der Waals surface area contributed by atoms with Gasteiger partial charge in [-0.05, 0) is 25.5 Å². The normalized spacial score (nSPS) is 23.0. The average Bonchev–Trinajstić information content (AvgIpc) is 2.69. The van der Waals surface area contributed by atoms with Crippen LogP contribution in [0, 0.1) is 5.82 Å². The van der Waals surface area contributed by atoms with Gasteiger partial charge in [0.15, 0.2) is 0 Å². The number of hydrogen-bond donors (Lipinski definition) is 3. The second-order valence-electron chi connectivity index (χ2n) is 4.71. The molecule has 0 radical (unpaired) electrons. The van der Waals surface area contributed by atoms with Gasteiger partial charge in [-0.2, -0.15) is 0 Å². The topological polar surface area (TPSA) is 84.6 Å². The molecule has 1 fully saturated rings. The van der Waals surface area contributed by atoms with Crippen LogP contribution in [0.1, 0.15) is 23.7 Å². The number of nitrogens with two attached hydrogens (primary N) is 1. The van der Waals surface area contributed by atoms with E-state index in [9.17, 15) is 9.18 Å². The van der Waals surface area contributed by atoms with Crippen LogP contribution in [0.5, 0.6) is 0 Å². The Labute approximate surface area is 104 Å². The first-order valence-corrected chi connectivity index (χ1v) is 5.59. The number of anilines is 2. The Bertz CT molecular complexity index is 484. The van der Waals surface area contributed by atoms with Gasteiger partial charge in [-0.1, -0.05) is 0 Å². The molecule has 0 amide bonds. The maximum absolute atomic E-state index is 13.6. The van der Waals surface area contributed by atoms with Crippen molar-refractivity contribution in [3.05, 3.63) is 23.5 Å². The average molecular weight is 254 g/mol. The van der Waals surface area contributed by atoms with Gasteiger partial charge < -0.3 is 20.9 Å². The lowest BCUT2D eigenvalue weighted by atomic mass is 10.0. The predicted molar refractivity (Wildman–Crippen MR) is 65.2 cm³/mol. The first-order valence-electron chi connectivity index (χ1n) is 5.59. The van der Waals surface area contributed by atoms with E-state index < -0.39 is 17.3 Å². The van der Waals surface area contributed by atoms with Crippen LogP contribution in [0.4, 0.5) is 15.8 Å². The minimum atomic E-state index is -1.33. The molecule has 0 aromatic heterocycles. The molecule has 1 heterocycles. The van der Waals surface area contributed by atoms with Gasteiger partial charge in [0, 0.05) is 6.61 Å². The maximum atomic E-state index is 13.6. The quantitative estimate of drug-likeness (QED) is 0.715. The summed E-state index contributed by atoms with van der Waals surface area (Å²) < 4.78 is 18.8. The van der Waals surface area contributed by atoms with Gasteiger partial charge in [-0.25, -0.2) is 9.18 Å². The van der Waals surface area contributed by atoms with Crippen molar-refractivity contribution in [2.45, 2.75) is 18.9 Å². The van der Waals surface area contributed by atoms with E-state index >= 15 is 0 Å². The van der Waals surface area contributed by atoms with Crippen molar-refractivity contribution in [1.82, 2.24) is 0 Å². The lowest BCUT2D eigenvalue weighted by Gasteiger charge is -2.26. The highest BCUT2D eigenvalue weighted by molar-refractivity contribution is 5.90. The monoisotopic (exact) mass is 254 g/mol. The molecule has 6 heteroatoms. The van der Waals surface area contributed by atoms with Crippen molar-refractivity contribution in [3.8, 4) is 0 Å². The molecule has 0 saturated carbocycles. The highest BCUT2D eigenvalue weighted by atomic mass is 19.1. The number of benzene rings is 1. The lowest BCUT2D eigenvalue weighted by Crippen LogP contribution is -2.35. The Balaban J connectivity index is 2.29. The van der Waals surface area contributed by atoms with Crippen molar-refractivity contribution in [1.29, 1.82) is 0 Å². The number of carboxylic acid groups (broad SMARTS) is 1. The molecule has 1 unspecified atom stereocenters. The van der Waals surface area contributed by atoms with Gasteiger partial charge in [0.1, 0.15) is 5.82 Å². The van der Waals surface area contributed by atoms with Crippen LogP contribution < -0.4 is 11.1 Å². The first kappa shape index (κ1) is 12.6. The third-order valence-electron chi connectivity index (χ3n) is 3.02. The van der Waals surface area contributed by atoms with Crippen molar-refractivity contribution in [2.75, 3.05) is 24.3 Å². The fourth-order valence-corrected chi connectivity index (χ4v) is 1.95. The Morgan fingerprint density at radius 3 is 2.89 bits per heavy atom. The van der Waals surface area contributed by atoms with E-state index in [1.54, 1.807) is 0 Å². The summed E-state index contributed by atoms with van der Waals surface area (Å²) in [6.45, 7) is 3.09. The largest absolute Gasteiger partial charge is 0.478 e. The molecule has 1 aromatic rings. The number of nitrogen functional groups attached to an aromatic ring is 1. The summed E-state index contributed by atoms with van der Waals surface area (Å²) in [5, 5.41) is 11.9. The summed E-state index contributed by atoms with van der Waals surface area (Å²) in [6.07, 6.45) is 0.786. The molecular formula is C12H15FN2O3. The van der Waals surface area contributed by atoms with Crippen LogP contribution in [0.2, 0.25) is 0 Å². The predicted octanol–water partition coefficient (Wildman–Crippen LogP) is 1.70. The summed E-state index contributed by atoms with van der Waals surface area (Å²) in [7, 11) is 0. The summed E-state index contributed by atoms with van der Waals surface area (Å²) in [5.74, 6) is -2.14. The van der Waals surface area contributed by atoms with Crippen LogP contribution in [0.25, 0.3) is 0 Å². The summed E-state index contributed by atoms with van der Waals surface area (Å²) in [4.78, 5) is 10.8. The van der Waals surface area contributed by atoms with Crippen molar-refractivity contribution >= 4 is 17.3 Å².